The number of anilines is 1. The quantitative estimate of drug-likeness (QED) is 0.349. The maximum absolute atomic E-state index is 11.9. The molecule has 0 aliphatic rings. The third-order valence-electron chi connectivity index (χ3n) is 3.25. The Bertz CT molecular complexity index is 440. The summed E-state index contributed by atoms with van der Waals surface area (Å²) in [6, 6.07) is 3.87. The molecule has 0 saturated heterocycles. The zero-order valence-corrected chi connectivity index (χ0v) is 15.4. The summed E-state index contributed by atoms with van der Waals surface area (Å²) < 4.78 is 0. The van der Waals surface area contributed by atoms with Crippen LogP contribution in [0, 0.1) is 6.92 Å². The number of alkyl halides is 1. The molecule has 1 aromatic heterocycles. The highest BCUT2D eigenvalue weighted by Gasteiger charge is 2.07. The van der Waals surface area contributed by atoms with Gasteiger partial charge in [-0.25, -0.2) is 4.98 Å². The van der Waals surface area contributed by atoms with Crippen LogP contribution in [-0.2, 0) is 4.79 Å². The Morgan fingerprint density at radius 1 is 1.19 bits per heavy atom. The molecule has 0 bridgehead atoms. The summed E-state index contributed by atoms with van der Waals surface area (Å²) in [5.74, 6) is 0.0939. The summed E-state index contributed by atoms with van der Waals surface area (Å²) >= 11 is 5.00. The SMILES string of the molecule is CSc1nc(C)ccc1NC(=O)CCCCCCCCBr. The molecule has 1 N–H and O–H groups in total. The van der Waals surface area contributed by atoms with Gasteiger partial charge >= 0.3 is 0 Å². The Kier molecular flexibility index (Phi) is 9.76. The number of aromatic nitrogens is 1. The number of pyridine rings is 1. The van der Waals surface area contributed by atoms with Crippen molar-refractivity contribution in [2.45, 2.75) is 56.9 Å². The summed E-state index contributed by atoms with van der Waals surface area (Å²) in [6.45, 7) is 1.96. The lowest BCUT2D eigenvalue weighted by Gasteiger charge is -2.09. The van der Waals surface area contributed by atoms with Crippen molar-refractivity contribution in [3.63, 3.8) is 0 Å². The number of nitrogens with one attached hydrogen (secondary N) is 1. The van der Waals surface area contributed by atoms with Crippen LogP contribution in [-0.4, -0.2) is 22.5 Å². The van der Waals surface area contributed by atoms with Crippen molar-refractivity contribution in [1.82, 2.24) is 4.98 Å². The second kappa shape index (κ2) is 11.1. The molecule has 21 heavy (non-hydrogen) atoms. The Hall–Kier alpha value is -0.550. The Labute approximate surface area is 140 Å². The van der Waals surface area contributed by atoms with Gasteiger partial charge in [0.05, 0.1) is 5.69 Å². The first kappa shape index (κ1) is 18.5. The van der Waals surface area contributed by atoms with Gasteiger partial charge in [-0.2, -0.15) is 0 Å². The van der Waals surface area contributed by atoms with Crippen LogP contribution in [0.2, 0.25) is 0 Å². The first-order valence-corrected chi connectivity index (χ1v) is 9.89. The van der Waals surface area contributed by atoms with Gasteiger partial charge in [0.15, 0.2) is 0 Å². The molecule has 118 valence electrons. The lowest BCUT2D eigenvalue weighted by atomic mass is 10.1. The molecule has 1 aromatic rings. The second-order valence-corrected chi connectivity index (χ2v) is 6.71. The average Bonchev–Trinajstić information content (AvgIpc) is 2.48. The van der Waals surface area contributed by atoms with Gasteiger partial charge in [-0.05, 0) is 38.2 Å². The molecule has 0 aliphatic heterocycles. The molecule has 0 atom stereocenters. The Morgan fingerprint density at radius 3 is 2.52 bits per heavy atom. The monoisotopic (exact) mass is 372 g/mol. The van der Waals surface area contributed by atoms with Gasteiger partial charge in [-0.1, -0.05) is 41.6 Å². The summed E-state index contributed by atoms with van der Waals surface area (Å²) in [7, 11) is 0. The van der Waals surface area contributed by atoms with E-state index in [0.717, 1.165) is 34.6 Å². The smallest absolute Gasteiger partial charge is 0.224 e. The fourth-order valence-corrected chi connectivity index (χ4v) is 3.05. The molecule has 0 fully saturated rings. The van der Waals surface area contributed by atoms with Crippen molar-refractivity contribution >= 4 is 39.3 Å². The number of aryl methyl sites for hydroxylation is 1. The summed E-state index contributed by atoms with van der Waals surface area (Å²) in [6.07, 6.45) is 9.70. The van der Waals surface area contributed by atoms with Crippen LogP contribution in [0.4, 0.5) is 5.69 Å². The number of hydrogen-bond donors (Lipinski definition) is 1. The van der Waals surface area contributed by atoms with E-state index in [1.54, 1.807) is 11.8 Å². The van der Waals surface area contributed by atoms with E-state index in [9.17, 15) is 4.79 Å². The van der Waals surface area contributed by atoms with Crippen LogP contribution in [0.25, 0.3) is 0 Å². The van der Waals surface area contributed by atoms with Crippen LogP contribution in [0.1, 0.15) is 50.6 Å². The highest BCUT2D eigenvalue weighted by molar-refractivity contribution is 9.09. The van der Waals surface area contributed by atoms with E-state index in [4.69, 9.17) is 0 Å². The number of nitrogens with zero attached hydrogens (tertiary/aromatic N) is 1. The Morgan fingerprint density at radius 2 is 1.86 bits per heavy atom. The molecule has 0 saturated carbocycles. The fourth-order valence-electron chi connectivity index (χ4n) is 2.08. The van der Waals surface area contributed by atoms with Gasteiger partial charge < -0.3 is 5.32 Å². The van der Waals surface area contributed by atoms with Gasteiger partial charge in [-0.15, -0.1) is 11.8 Å². The molecule has 0 aromatic carbocycles. The number of thioether (sulfide) groups is 1. The van der Waals surface area contributed by atoms with Crippen LogP contribution in [0.5, 0.6) is 0 Å². The topological polar surface area (TPSA) is 42.0 Å². The van der Waals surface area contributed by atoms with Crippen molar-refractivity contribution in [3.8, 4) is 0 Å². The molecule has 1 amide bonds. The fraction of sp³-hybridized carbons (Fsp3) is 0.625. The van der Waals surface area contributed by atoms with Crippen molar-refractivity contribution in [3.05, 3.63) is 17.8 Å². The van der Waals surface area contributed by atoms with Crippen molar-refractivity contribution < 1.29 is 4.79 Å². The maximum Gasteiger partial charge on any atom is 0.224 e. The standard InChI is InChI=1S/C16H25BrN2OS/c1-13-10-11-14(16(18-13)21-2)19-15(20)9-7-5-3-4-6-8-12-17/h10-11H,3-9,12H2,1-2H3,(H,19,20). The van der Waals surface area contributed by atoms with E-state index in [2.05, 4.69) is 26.2 Å². The predicted molar refractivity (Wildman–Crippen MR) is 95.5 cm³/mol. The van der Waals surface area contributed by atoms with Crippen molar-refractivity contribution in [1.29, 1.82) is 0 Å². The van der Waals surface area contributed by atoms with Crippen molar-refractivity contribution in [2.24, 2.45) is 0 Å². The number of rotatable bonds is 10. The van der Waals surface area contributed by atoms with Gasteiger partial charge in [0.25, 0.3) is 0 Å². The van der Waals surface area contributed by atoms with E-state index in [1.807, 2.05) is 25.3 Å². The molecule has 5 heteroatoms. The zero-order valence-electron chi connectivity index (χ0n) is 13.0. The molecule has 0 aliphatic carbocycles. The van der Waals surface area contributed by atoms with Crippen LogP contribution in [0.15, 0.2) is 17.2 Å². The summed E-state index contributed by atoms with van der Waals surface area (Å²) in [5, 5.41) is 4.95. The van der Waals surface area contributed by atoms with Gasteiger partial charge in [-0.3, -0.25) is 4.79 Å². The van der Waals surface area contributed by atoms with E-state index >= 15 is 0 Å². The van der Waals surface area contributed by atoms with E-state index < -0.39 is 0 Å². The maximum atomic E-state index is 11.9. The summed E-state index contributed by atoms with van der Waals surface area (Å²) in [4.78, 5) is 16.4. The predicted octanol–water partition coefficient (Wildman–Crippen LogP) is 5.18. The third kappa shape index (κ3) is 7.86. The molecule has 1 heterocycles. The number of carbonyl (C=O) groups is 1. The number of hydrogen-bond acceptors (Lipinski definition) is 3. The average molecular weight is 373 g/mol. The molecule has 3 nitrogen and oxygen atoms in total. The van der Waals surface area contributed by atoms with E-state index in [1.165, 1.54) is 25.7 Å². The molecular weight excluding hydrogens is 348 g/mol. The normalized spacial score (nSPS) is 10.6. The van der Waals surface area contributed by atoms with Crippen LogP contribution < -0.4 is 5.32 Å². The first-order valence-electron chi connectivity index (χ1n) is 7.55. The van der Waals surface area contributed by atoms with Gasteiger partial charge in [0.2, 0.25) is 5.91 Å². The lowest BCUT2D eigenvalue weighted by molar-refractivity contribution is -0.116. The number of unbranched alkanes of at least 4 members (excludes halogenated alkanes) is 5. The Balaban J connectivity index is 2.25. The number of carbonyl (C=O) groups excluding carboxylic acids is 1. The van der Waals surface area contributed by atoms with Crippen molar-refractivity contribution in [2.75, 3.05) is 16.9 Å². The highest BCUT2D eigenvalue weighted by Crippen LogP contribution is 2.23. The van der Waals surface area contributed by atoms with Crippen LogP contribution in [0.3, 0.4) is 0 Å². The first-order chi connectivity index (χ1) is 10.2. The minimum absolute atomic E-state index is 0.0939. The molecular formula is C16H25BrN2OS. The third-order valence-corrected chi connectivity index (χ3v) is 4.51. The molecule has 0 radical (unpaired) electrons. The van der Waals surface area contributed by atoms with Crippen LogP contribution >= 0.6 is 27.7 Å². The molecule has 0 spiro atoms. The van der Waals surface area contributed by atoms with Gasteiger partial charge in [0, 0.05) is 17.4 Å². The minimum Gasteiger partial charge on any atom is -0.324 e. The lowest BCUT2D eigenvalue weighted by Crippen LogP contribution is -2.12. The van der Waals surface area contributed by atoms with E-state index in [-0.39, 0.29) is 5.91 Å². The highest BCUT2D eigenvalue weighted by atomic mass is 79.9. The number of amides is 1. The zero-order chi connectivity index (χ0) is 15.5. The van der Waals surface area contributed by atoms with Gasteiger partial charge in [0.1, 0.15) is 5.03 Å². The second-order valence-electron chi connectivity index (χ2n) is 5.12. The van der Waals surface area contributed by atoms with E-state index in [0.29, 0.717) is 6.42 Å². The summed E-state index contributed by atoms with van der Waals surface area (Å²) in [5.41, 5.74) is 1.80. The minimum atomic E-state index is 0.0939. The largest absolute Gasteiger partial charge is 0.324 e. The number of halogens is 1. The molecule has 0 unspecified atom stereocenters. The molecule has 1 rings (SSSR count).